The molecule has 0 atom stereocenters. The third-order valence-electron chi connectivity index (χ3n) is 1.26. The number of nitrogens with zero attached hydrogens (tertiary/aromatic N) is 1. The molecule has 0 aromatic carbocycles. The van der Waals surface area contributed by atoms with Crippen LogP contribution in [0.2, 0.25) is 5.02 Å². The molecule has 2 nitrogen and oxygen atoms in total. The molecule has 1 rings (SSSR count). The SMILES string of the molecule is COc1cc(CCl)c(Cl)cn1. The number of methoxy groups -OCH3 is 1. The zero-order valence-corrected chi connectivity index (χ0v) is 7.49. The van der Waals surface area contributed by atoms with Crippen LogP contribution in [0.5, 0.6) is 5.88 Å². The van der Waals surface area contributed by atoms with Gasteiger partial charge in [0, 0.05) is 18.1 Å². The van der Waals surface area contributed by atoms with Crippen molar-refractivity contribution in [3.63, 3.8) is 0 Å². The number of halogens is 2. The van der Waals surface area contributed by atoms with Crippen LogP contribution in [-0.4, -0.2) is 12.1 Å². The minimum atomic E-state index is 0.373. The van der Waals surface area contributed by atoms with E-state index in [1.165, 1.54) is 6.20 Å². The van der Waals surface area contributed by atoms with Crippen LogP contribution in [0.15, 0.2) is 12.3 Å². The van der Waals surface area contributed by atoms with Gasteiger partial charge in [-0.05, 0) is 5.56 Å². The average molecular weight is 192 g/mol. The highest BCUT2D eigenvalue weighted by Gasteiger charge is 2.00. The van der Waals surface area contributed by atoms with Crippen molar-refractivity contribution in [1.29, 1.82) is 0 Å². The number of rotatable bonds is 2. The van der Waals surface area contributed by atoms with Gasteiger partial charge in [0.2, 0.25) is 5.88 Å². The van der Waals surface area contributed by atoms with Crippen molar-refractivity contribution >= 4 is 23.2 Å². The molecule has 1 aromatic heterocycles. The maximum absolute atomic E-state index is 5.75. The highest BCUT2D eigenvalue weighted by molar-refractivity contribution is 6.32. The summed E-state index contributed by atoms with van der Waals surface area (Å²) < 4.78 is 4.88. The average Bonchev–Trinajstić information content (AvgIpc) is 2.05. The largest absolute Gasteiger partial charge is 0.481 e. The summed E-state index contributed by atoms with van der Waals surface area (Å²) in [5.74, 6) is 0.905. The van der Waals surface area contributed by atoms with Gasteiger partial charge in [0.1, 0.15) is 0 Å². The van der Waals surface area contributed by atoms with Crippen LogP contribution < -0.4 is 4.74 Å². The molecule has 0 aliphatic carbocycles. The van der Waals surface area contributed by atoms with E-state index in [1.54, 1.807) is 13.2 Å². The Morgan fingerprint density at radius 3 is 2.91 bits per heavy atom. The molecule has 0 unspecified atom stereocenters. The molecule has 4 heteroatoms. The van der Waals surface area contributed by atoms with Gasteiger partial charge in [-0.15, -0.1) is 11.6 Å². The number of pyridine rings is 1. The third kappa shape index (κ3) is 1.98. The molecule has 1 heterocycles. The molecule has 0 aliphatic heterocycles. The first-order valence-electron chi connectivity index (χ1n) is 3.02. The molecule has 0 aliphatic rings. The van der Waals surface area contributed by atoms with Crippen LogP contribution in [-0.2, 0) is 5.88 Å². The van der Waals surface area contributed by atoms with E-state index in [2.05, 4.69) is 4.98 Å². The van der Waals surface area contributed by atoms with E-state index < -0.39 is 0 Å². The molecule has 0 radical (unpaired) electrons. The Hall–Kier alpha value is -0.470. The van der Waals surface area contributed by atoms with Gasteiger partial charge in [0.15, 0.2) is 0 Å². The Balaban J connectivity index is 3.02. The Labute approximate surface area is 75.1 Å². The van der Waals surface area contributed by atoms with Gasteiger partial charge in [0.25, 0.3) is 0 Å². The minimum Gasteiger partial charge on any atom is -0.481 e. The van der Waals surface area contributed by atoms with Crippen LogP contribution in [0.25, 0.3) is 0 Å². The zero-order chi connectivity index (χ0) is 8.27. The maximum atomic E-state index is 5.75. The van der Waals surface area contributed by atoms with E-state index in [0.717, 1.165) is 5.56 Å². The lowest BCUT2D eigenvalue weighted by molar-refractivity contribution is 0.397. The summed E-state index contributed by atoms with van der Waals surface area (Å²) >= 11 is 11.3. The van der Waals surface area contributed by atoms with Crippen LogP contribution in [0.4, 0.5) is 0 Å². The first kappa shape index (κ1) is 8.62. The number of ether oxygens (including phenoxy) is 1. The fourth-order valence-electron chi connectivity index (χ4n) is 0.672. The van der Waals surface area contributed by atoms with Crippen molar-refractivity contribution in [1.82, 2.24) is 4.98 Å². The quantitative estimate of drug-likeness (QED) is 0.671. The highest BCUT2D eigenvalue weighted by Crippen LogP contribution is 2.20. The fraction of sp³-hybridized carbons (Fsp3) is 0.286. The lowest BCUT2D eigenvalue weighted by atomic mass is 10.3. The number of aromatic nitrogens is 1. The first-order valence-corrected chi connectivity index (χ1v) is 3.93. The van der Waals surface area contributed by atoms with E-state index in [9.17, 15) is 0 Å². The molecule has 1 aromatic rings. The predicted octanol–water partition coefficient (Wildman–Crippen LogP) is 2.48. The van der Waals surface area contributed by atoms with Crippen LogP contribution in [0, 0.1) is 0 Å². The normalized spacial score (nSPS) is 9.73. The van der Waals surface area contributed by atoms with E-state index in [-0.39, 0.29) is 0 Å². The van der Waals surface area contributed by atoms with Gasteiger partial charge in [-0.25, -0.2) is 4.98 Å². The summed E-state index contributed by atoms with van der Waals surface area (Å²) in [4.78, 5) is 3.89. The van der Waals surface area contributed by atoms with E-state index in [4.69, 9.17) is 27.9 Å². The van der Waals surface area contributed by atoms with Crippen molar-refractivity contribution in [2.75, 3.05) is 7.11 Å². The molecule has 11 heavy (non-hydrogen) atoms. The van der Waals surface area contributed by atoms with Gasteiger partial charge in [0.05, 0.1) is 12.1 Å². The summed E-state index contributed by atoms with van der Waals surface area (Å²) in [7, 11) is 1.55. The summed E-state index contributed by atoms with van der Waals surface area (Å²) in [6.45, 7) is 0. The van der Waals surface area contributed by atoms with Crippen molar-refractivity contribution < 1.29 is 4.74 Å². The number of hydrogen-bond acceptors (Lipinski definition) is 2. The van der Waals surface area contributed by atoms with E-state index >= 15 is 0 Å². The van der Waals surface area contributed by atoms with Crippen LogP contribution in [0.1, 0.15) is 5.56 Å². The van der Waals surface area contributed by atoms with Gasteiger partial charge >= 0.3 is 0 Å². The molecule has 60 valence electrons. The molecular weight excluding hydrogens is 185 g/mol. The summed E-state index contributed by atoms with van der Waals surface area (Å²) in [5.41, 5.74) is 0.834. The molecule has 0 fully saturated rings. The molecule has 0 amide bonds. The summed E-state index contributed by atoms with van der Waals surface area (Å²) in [6.07, 6.45) is 1.53. The molecule has 0 spiro atoms. The van der Waals surface area contributed by atoms with Crippen molar-refractivity contribution in [2.24, 2.45) is 0 Å². The molecule has 0 bridgehead atoms. The van der Waals surface area contributed by atoms with Crippen molar-refractivity contribution in [2.45, 2.75) is 5.88 Å². The lowest BCUT2D eigenvalue weighted by Gasteiger charge is -2.01. The lowest BCUT2D eigenvalue weighted by Crippen LogP contribution is -1.89. The van der Waals surface area contributed by atoms with Gasteiger partial charge < -0.3 is 4.74 Å². The summed E-state index contributed by atoms with van der Waals surface area (Å²) in [5, 5.41) is 0.570. The second kappa shape index (κ2) is 3.79. The van der Waals surface area contributed by atoms with Crippen LogP contribution >= 0.6 is 23.2 Å². The number of alkyl halides is 1. The monoisotopic (exact) mass is 191 g/mol. The Morgan fingerprint density at radius 1 is 1.64 bits per heavy atom. The molecule has 0 N–H and O–H groups in total. The van der Waals surface area contributed by atoms with Gasteiger partial charge in [-0.3, -0.25) is 0 Å². The molecule has 0 saturated carbocycles. The Morgan fingerprint density at radius 2 is 2.36 bits per heavy atom. The second-order valence-electron chi connectivity index (χ2n) is 1.95. The molecular formula is C7H7Cl2NO. The predicted molar refractivity (Wildman–Crippen MR) is 45.4 cm³/mol. The standard InChI is InChI=1S/C7H7Cl2NO/c1-11-7-2-5(3-8)6(9)4-10-7/h2,4H,3H2,1H3. The van der Waals surface area contributed by atoms with Crippen molar-refractivity contribution in [3.8, 4) is 5.88 Å². The van der Waals surface area contributed by atoms with E-state index in [1.807, 2.05) is 0 Å². The van der Waals surface area contributed by atoms with Crippen molar-refractivity contribution in [3.05, 3.63) is 22.8 Å². The topological polar surface area (TPSA) is 22.1 Å². The summed E-state index contributed by atoms with van der Waals surface area (Å²) in [6, 6.07) is 1.72. The Kier molecular flexibility index (Phi) is 2.97. The first-order chi connectivity index (χ1) is 5.27. The fourth-order valence-corrected chi connectivity index (χ4v) is 1.13. The zero-order valence-electron chi connectivity index (χ0n) is 5.97. The highest BCUT2D eigenvalue weighted by atomic mass is 35.5. The van der Waals surface area contributed by atoms with Crippen LogP contribution in [0.3, 0.4) is 0 Å². The second-order valence-corrected chi connectivity index (χ2v) is 2.63. The van der Waals surface area contributed by atoms with E-state index in [0.29, 0.717) is 16.8 Å². The number of hydrogen-bond donors (Lipinski definition) is 0. The molecule has 0 saturated heterocycles. The Bertz CT molecular complexity index is 252. The van der Waals surface area contributed by atoms with Gasteiger partial charge in [-0.1, -0.05) is 11.6 Å². The smallest absolute Gasteiger partial charge is 0.213 e. The van der Waals surface area contributed by atoms with Gasteiger partial charge in [-0.2, -0.15) is 0 Å². The minimum absolute atomic E-state index is 0.373. The maximum Gasteiger partial charge on any atom is 0.213 e. The third-order valence-corrected chi connectivity index (χ3v) is 1.89.